The van der Waals surface area contributed by atoms with E-state index in [2.05, 4.69) is 109 Å². The van der Waals surface area contributed by atoms with Gasteiger partial charge in [-0.15, -0.1) is 11.4 Å². The van der Waals surface area contributed by atoms with Crippen molar-refractivity contribution in [3.63, 3.8) is 0 Å². The van der Waals surface area contributed by atoms with Crippen LogP contribution in [-0.4, -0.2) is 24.2 Å². The fourth-order valence-electron chi connectivity index (χ4n) is 7.20. The second-order valence-electron chi connectivity index (χ2n) is 12.3. The van der Waals surface area contributed by atoms with Crippen molar-refractivity contribution in [3.8, 4) is 0 Å². The van der Waals surface area contributed by atoms with Gasteiger partial charge in [-0.3, -0.25) is 0 Å². The molecule has 0 saturated carbocycles. The van der Waals surface area contributed by atoms with E-state index < -0.39 is 5.60 Å². The maximum Gasteiger partial charge on any atom is 2.00 e. The van der Waals surface area contributed by atoms with E-state index >= 15 is 0 Å². The minimum atomic E-state index is -1.08. The van der Waals surface area contributed by atoms with Gasteiger partial charge in [-0.2, -0.15) is 0 Å². The Kier molecular flexibility index (Phi) is 8.57. The molecule has 8 bridgehead atoms. The van der Waals surface area contributed by atoms with Gasteiger partial charge >= 0.3 is 19.5 Å². The third-order valence-electron chi connectivity index (χ3n) is 9.49. The summed E-state index contributed by atoms with van der Waals surface area (Å²) >= 11 is 0. The maximum absolute atomic E-state index is 6.59. The first-order valence-electron chi connectivity index (χ1n) is 16.7. The van der Waals surface area contributed by atoms with Gasteiger partial charge in [0.2, 0.25) is 0 Å². The van der Waals surface area contributed by atoms with Gasteiger partial charge in [0.25, 0.3) is 0 Å². The van der Waals surface area contributed by atoms with E-state index in [4.69, 9.17) is 24.7 Å². The average Bonchev–Trinajstić information content (AvgIpc) is 4.02. The Bertz CT molecular complexity index is 2430. The molecular weight excluding hydrogens is 678 g/mol. The summed E-state index contributed by atoms with van der Waals surface area (Å²) in [4.78, 5) is 21.4. The first kappa shape index (κ1) is 32.4. The number of fused-ring (bicyclic) bond motifs is 5. The Morgan fingerprint density at radius 3 is 1.45 bits per heavy atom. The van der Waals surface area contributed by atoms with E-state index in [-0.39, 0.29) is 19.5 Å². The fraction of sp³-hybridized carbons (Fsp3) is 0.0444. The number of hydrogen-bond acceptors (Lipinski definition) is 4. The van der Waals surface area contributed by atoms with Crippen LogP contribution < -0.4 is 4.98 Å². The molecule has 4 aliphatic rings. The van der Waals surface area contributed by atoms with Crippen LogP contribution in [-0.2, 0) is 29.8 Å². The molecule has 9 rings (SSSR count). The van der Waals surface area contributed by atoms with Crippen LogP contribution in [0.25, 0.3) is 16.7 Å². The first-order chi connectivity index (χ1) is 24.7. The summed E-state index contributed by atoms with van der Waals surface area (Å²) in [7, 11) is 1.73. The van der Waals surface area contributed by atoms with Gasteiger partial charge in [-0.05, 0) is 64.3 Å². The molecule has 0 N–H and O–H groups in total. The third kappa shape index (κ3) is 5.54. The van der Waals surface area contributed by atoms with E-state index in [1.807, 2.05) is 60.7 Å². The standard InChI is InChI=1S/C45H31N4O.Zn/c1-50-45(33-20-12-5-13-21-33)40-28-26-38(48-40)43(31-16-8-3-9-17-31)36-24-22-34(46-36)42(30-14-6-2-7-15-30)35-23-25-37(47-35)44(32-18-10-4-11-19-32)39-27-29-41(45)49-39;/h2-29H,1H3;/q-1;+2/b42-34-,43-38-,44-37-;. The summed E-state index contributed by atoms with van der Waals surface area (Å²) < 4.78 is 6.59. The molecule has 1 atom stereocenters. The number of hydrogen-bond donors (Lipinski definition) is 0. The van der Waals surface area contributed by atoms with Gasteiger partial charge in [-0.1, -0.05) is 133 Å². The van der Waals surface area contributed by atoms with E-state index in [0.29, 0.717) is 0 Å². The molecule has 4 aromatic carbocycles. The fourth-order valence-corrected chi connectivity index (χ4v) is 7.20. The number of methoxy groups -OCH3 is 1. The van der Waals surface area contributed by atoms with Gasteiger partial charge in [0.05, 0.1) is 34.2 Å². The quantitative estimate of drug-likeness (QED) is 0.171. The van der Waals surface area contributed by atoms with Crippen molar-refractivity contribution in [1.29, 1.82) is 0 Å². The second kappa shape index (κ2) is 13.5. The number of ether oxygens (including phenoxy) is 1. The molecule has 51 heavy (non-hydrogen) atoms. The minimum Gasteiger partial charge on any atom is -0.658 e. The number of aliphatic imine (C=N–C) groups is 3. The van der Waals surface area contributed by atoms with Gasteiger partial charge in [-0.25, -0.2) is 15.0 Å². The predicted molar refractivity (Wildman–Crippen MR) is 203 cm³/mol. The Morgan fingerprint density at radius 1 is 0.471 bits per heavy atom. The molecule has 0 spiro atoms. The Balaban J connectivity index is 0.00000374. The summed E-state index contributed by atoms with van der Waals surface area (Å²) in [6.07, 6.45) is 12.5. The van der Waals surface area contributed by atoms with Crippen LogP contribution in [0.15, 0.2) is 202 Å². The number of rotatable bonds is 5. The number of aromatic nitrogens is 1. The van der Waals surface area contributed by atoms with E-state index in [9.17, 15) is 0 Å². The van der Waals surface area contributed by atoms with Crippen molar-refractivity contribution in [2.45, 2.75) is 5.60 Å². The van der Waals surface area contributed by atoms with Gasteiger partial charge in [0.15, 0.2) is 0 Å². The molecule has 6 heteroatoms. The molecule has 5 nitrogen and oxygen atoms in total. The molecule has 238 valence electrons. The van der Waals surface area contributed by atoms with Crippen molar-refractivity contribution in [2.75, 3.05) is 7.11 Å². The zero-order valence-corrected chi connectivity index (χ0v) is 31.0. The number of allylic oxidation sites excluding steroid dienone is 7. The molecule has 5 heterocycles. The van der Waals surface area contributed by atoms with Crippen molar-refractivity contribution >= 4 is 33.9 Å². The molecule has 4 aliphatic heterocycles. The number of nitrogens with zero attached hydrogens (tertiary/aromatic N) is 4. The van der Waals surface area contributed by atoms with Gasteiger partial charge in [0.1, 0.15) is 5.60 Å². The Hall–Kier alpha value is -5.81. The van der Waals surface area contributed by atoms with Crippen molar-refractivity contribution < 1.29 is 24.2 Å². The maximum atomic E-state index is 6.59. The summed E-state index contributed by atoms with van der Waals surface area (Å²) in [5, 5.41) is 0. The van der Waals surface area contributed by atoms with Crippen LogP contribution in [0.1, 0.15) is 33.6 Å². The van der Waals surface area contributed by atoms with Crippen molar-refractivity contribution in [3.05, 3.63) is 221 Å². The van der Waals surface area contributed by atoms with Crippen LogP contribution in [0.3, 0.4) is 0 Å². The normalized spacial score (nSPS) is 23.2. The van der Waals surface area contributed by atoms with Gasteiger partial charge < -0.3 is 9.72 Å². The first-order valence-corrected chi connectivity index (χ1v) is 16.7. The van der Waals surface area contributed by atoms with Crippen LogP contribution in [0.2, 0.25) is 0 Å². The molecule has 0 fully saturated rings. The third-order valence-corrected chi connectivity index (χ3v) is 9.49. The molecule has 1 aromatic heterocycles. The summed E-state index contributed by atoms with van der Waals surface area (Å²) in [6, 6.07) is 45.4. The topological polar surface area (TPSA) is 60.4 Å². The van der Waals surface area contributed by atoms with Crippen molar-refractivity contribution in [1.82, 2.24) is 4.98 Å². The van der Waals surface area contributed by atoms with Crippen molar-refractivity contribution in [2.24, 2.45) is 15.0 Å². The monoisotopic (exact) mass is 707 g/mol. The van der Waals surface area contributed by atoms with E-state index in [1.165, 1.54) is 0 Å². The molecule has 1 unspecified atom stereocenters. The van der Waals surface area contributed by atoms with Gasteiger partial charge in [0, 0.05) is 18.3 Å². The summed E-state index contributed by atoms with van der Waals surface area (Å²) in [6.45, 7) is 0. The zero-order chi connectivity index (χ0) is 33.5. The summed E-state index contributed by atoms with van der Waals surface area (Å²) in [5.74, 6) is 0. The molecule has 0 amide bonds. The molecule has 0 radical (unpaired) electrons. The molecule has 0 aliphatic carbocycles. The van der Waals surface area contributed by atoms with Crippen LogP contribution in [0.4, 0.5) is 0 Å². The largest absolute Gasteiger partial charge is 2.00 e. The van der Waals surface area contributed by atoms with Crippen LogP contribution >= 0.6 is 0 Å². The summed E-state index contributed by atoms with van der Waals surface area (Å²) in [5.41, 5.74) is 12.2. The molecule has 5 aromatic rings. The Morgan fingerprint density at radius 2 is 0.922 bits per heavy atom. The minimum absolute atomic E-state index is 0. The van der Waals surface area contributed by atoms with E-state index in [1.54, 1.807) is 7.11 Å². The van der Waals surface area contributed by atoms with E-state index in [0.717, 1.165) is 84.6 Å². The Labute approximate surface area is 310 Å². The molecular formula is C45H31N4OZn+. The SMILES string of the molecule is COC1(c2ccccc2)C2=N/C(=C(/c3ccccc3)C3=N/C(=C(/c4ccccc4)C4=N/C(=C(/c5ccccc5)c5ccc1[n-]5)C=C4)C=C3)C=C2.[Zn+2]. The van der Waals surface area contributed by atoms with Crippen LogP contribution in [0, 0.1) is 0 Å². The average molecular weight is 709 g/mol. The predicted octanol–water partition coefficient (Wildman–Crippen LogP) is 9.16. The smallest absolute Gasteiger partial charge is 0.658 e. The zero-order valence-electron chi connectivity index (χ0n) is 28.1. The number of benzene rings is 4. The molecule has 0 saturated heterocycles. The second-order valence-corrected chi connectivity index (χ2v) is 12.3. The van der Waals surface area contributed by atoms with Crippen LogP contribution in [0.5, 0.6) is 0 Å².